The average Bonchev–Trinajstić information content (AvgIpc) is 3.02. The maximum atomic E-state index is 5.66. The Hall–Kier alpha value is -0.980. The first-order valence-corrected chi connectivity index (χ1v) is 8.97. The van der Waals surface area contributed by atoms with E-state index in [1.165, 1.54) is 32.4 Å². The number of hydrogen-bond donors (Lipinski definition) is 0. The first-order chi connectivity index (χ1) is 11.2. The Labute approximate surface area is 139 Å². The molecule has 2 fully saturated rings. The zero-order chi connectivity index (χ0) is 16.1. The topological polar surface area (TPSA) is 52.4 Å². The summed E-state index contributed by atoms with van der Waals surface area (Å²) in [6.45, 7) is 11.0. The maximum absolute atomic E-state index is 5.66. The van der Waals surface area contributed by atoms with Crippen LogP contribution in [-0.4, -0.2) is 65.5 Å². The highest BCUT2D eigenvalue weighted by Gasteiger charge is 2.28. The van der Waals surface area contributed by atoms with Crippen molar-refractivity contribution in [3.8, 4) is 0 Å². The molecule has 130 valence electrons. The molecule has 1 aromatic rings. The van der Waals surface area contributed by atoms with Crippen LogP contribution >= 0.6 is 0 Å². The monoisotopic (exact) mass is 322 g/mol. The van der Waals surface area contributed by atoms with Crippen molar-refractivity contribution in [2.75, 3.05) is 39.5 Å². The van der Waals surface area contributed by atoms with Gasteiger partial charge >= 0.3 is 0 Å². The largest absolute Gasteiger partial charge is 0.376 e. The summed E-state index contributed by atoms with van der Waals surface area (Å²) in [5.74, 6) is 0. The Balaban J connectivity index is 1.45. The van der Waals surface area contributed by atoms with Crippen LogP contribution in [0.15, 0.2) is 6.20 Å². The average molecular weight is 322 g/mol. The highest BCUT2D eigenvalue weighted by atomic mass is 16.6. The van der Waals surface area contributed by atoms with E-state index in [1.807, 2.05) is 4.68 Å². The van der Waals surface area contributed by atoms with Gasteiger partial charge in [-0.15, -0.1) is 5.10 Å². The lowest BCUT2D eigenvalue weighted by molar-refractivity contribution is -0.0947. The number of rotatable bonds is 6. The third-order valence-corrected chi connectivity index (χ3v) is 5.26. The van der Waals surface area contributed by atoms with Crippen LogP contribution in [0.2, 0.25) is 0 Å². The molecule has 0 aliphatic carbocycles. The third-order valence-electron chi connectivity index (χ3n) is 5.26. The minimum absolute atomic E-state index is 0.102. The molecule has 0 amide bonds. The van der Waals surface area contributed by atoms with Gasteiger partial charge in [0.2, 0.25) is 0 Å². The van der Waals surface area contributed by atoms with Crippen LogP contribution in [0.4, 0.5) is 0 Å². The van der Waals surface area contributed by atoms with Crippen molar-refractivity contribution >= 4 is 0 Å². The normalized spacial score (nSPS) is 29.7. The van der Waals surface area contributed by atoms with Crippen LogP contribution in [-0.2, 0) is 22.4 Å². The van der Waals surface area contributed by atoms with Gasteiger partial charge < -0.3 is 14.4 Å². The Morgan fingerprint density at radius 2 is 2.30 bits per heavy atom. The molecule has 0 spiro atoms. The molecule has 2 aliphatic heterocycles. The van der Waals surface area contributed by atoms with E-state index in [0.717, 1.165) is 25.2 Å². The van der Waals surface area contributed by atoms with Crippen LogP contribution in [0, 0.1) is 5.41 Å². The predicted molar refractivity (Wildman–Crippen MR) is 88.4 cm³/mol. The van der Waals surface area contributed by atoms with E-state index in [-0.39, 0.29) is 6.10 Å². The van der Waals surface area contributed by atoms with Gasteiger partial charge in [0.1, 0.15) is 6.10 Å². The Morgan fingerprint density at radius 1 is 1.39 bits per heavy atom. The Kier molecular flexibility index (Phi) is 5.67. The fourth-order valence-electron chi connectivity index (χ4n) is 3.57. The van der Waals surface area contributed by atoms with E-state index in [0.29, 0.717) is 25.2 Å². The van der Waals surface area contributed by atoms with Crippen molar-refractivity contribution in [3.05, 3.63) is 11.9 Å². The lowest BCUT2D eigenvalue weighted by atomic mass is 9.79. The molecule has 1 unspecified atom stereocenters. The van der Waals surface area contributed by atoms with E-state index in [4.69, 9.17) is 9.47 Å². The Morgan fingerprint density at radius 3 is 3.09 bits per heavy atom. The summed E-state index contributed by atoms with van der Waals surface area (Å²) in [5.41, 5.74) is 1.57. The lowest BCUT2D eigenvalue weighted by Crippen LogP contribution is -2.42. The second kappa shape index (κ2) is 7.73. The highest BCUT2D eigenvalue weighted by molar-refractivity contribution is 4.94. The van der Waals surface area contributed by atoms with E-state index in [9.17, 15) is 0 Å². The highest BCUT2D eigenvalue weighted by Crippen LogP contribution is 2.32. The molecule has 0 N–H and O–H groups in total. The van der Waals surface area contributed by atoms with Gasteiger partial charge in [0.25, 0.3) is 0 Å². The zero-order valence-electron chi connectivity index (χ0n) is 14.5. The SMILES string of the molecule is CCC1(C)CCCN(CCc2cn(C[C@H]3COCCO3)nn2)C1. The molecule has 6 heteroatoms. The van der Waals surface area contributed by atoms with Gasteiger partial charge in [0.15, 0.2) is 0 Å². The van der Waals surface area contributed by atoms with Gasteiger partial charge in [-0.1, -0.05) is 19.1 Å². The molecule has 2 atom stereocenters. The molecule has 23 heavy (non-hydrogen) atoms. The molecule has 0 bridgehead atoms. The maximum Gasteiger partial charge on any atom is 0.101 e. The fraction of sp³-hybridized carbons (Fsp3) is 0.882. The van der Waals surface area contributed by atoms with Crippen LogP contribution in [0.3, 0.4) is 0 Å². The second-order valence-corrected chi connectivity index (χ2v) is 7.29. The summed E-state index contributed by atoms with van der Waals surface area (Å²) in [7, 11) is 0. The van der Waals surface area contributed by atoms with Crippen molar-refractivity contribution in [3.63, 3.8) is 0 Å². The molecule has 2 aliphatic rings. The first-order valence-electron chi connectivity index (χ1n) is 8.97. The van der Waals surface area contributed by atoms with Crippen LogP contribution in [0.5, 0.6) is 0 Å². The molecule has 3 heterocycles. The molecule has 3 rings (SSSR count). The minimum Gasteiger partial charge on any atom is -0.376 e. The molecule has 0 saturated carbocycles. The Bertz CT molecular complexity index is 487. The quantitative estimate of drug-likeness (QED) is 0.799. The predicted octanol–water partition coefficient (Wildman–Crippen LogP) is 1.75. The van der Waals surface area contributed by atoms with Crippen molar-refractivity contribution in [1.82, 2.24) is 19.9 Å². The number of aromatic nitrogens is 3. The summed E-state index contributed by atoms with van der Waals surface area (Å²) in [5, 5.41) is 8.54. The second-order valence-electron chi connectivity index (χ2n) is 7.29. The van der Waals surface area contributed by atoms with Gasteiger partial charge in [-0.25, -0.2) is 4.68 Å². The molecular formula is C17H30N4O2. The van der Waals surface area contributed by atoms with Gasteiger partial charge in [-0.2, -0.15) is 0 Å². The molecule has 0 aromatic carbocycles. The van der Waals surface area contributed by atoms with Gasteiger partial charge in [-0.3, -0.25) is 0 Å². The molecule has 0 radical (unpaired) electrons. The number of hydrogen-bond acceptors (Lipinski definition) is 5. The van der Waals surface area contributed by atoms with Crippen LogP contribution in [0.25, 0.3) is 0 Å². The molecule has 6 nitrogen and oxygen atoms in total. The summed E-state index contributed by atoms with van der Waals surface area (Å²) >= 11 is 0. The summed E-state index contributed by atoms with van der Waals surface area (Å²) in [4.78, 5) is 2.59. The summed E-state index contributed by atoms with van der Waals surface area (Å²) in [6, 6.07) is 0. The fourth-order valence-corrected chi connectivity index (χ4v) is 3.57. The standard InChI is InChI=1S/C17H30N4O2/c1-3-17(2)6-4-7-20(14-17)8-5-15-11-21(19-18-15)12-16-13-22-9-10-23-16/h11,16H,3-10,12-14H2,1-2H3/t16-,17?/m0/s1. The lowest BCUT2D eigenvalue weighted by Gasteiger charge is -2.40. The van der Waals surface area contributed by atoms with Crippen molar-refractivity contribution in [2.45, 2.75) is 52.2 Å². The van der Waals surface area contributed by atoms with Crippen molar-refractivity contribution in [1.29, 1.82) is 0 Å². The van der Waals surface area contributed by atoms with E-state index >= 15 is 0 Å². The third kappa shape index (κ3) is 4.75. The van der Waals surface area contributed by atoms with Crippen LogP contribution in [0.1, 0.15) is 38.8 Å². The van der Waals surface area contributed by atoms with Crippen LogP contribution < -0.4 is 0 Å². The summed E-state index contributed by atoms with van der Waals surface area (Å²) in [6.07, 6.45) is 7.08. The van der Waals surface area contributed by atoms with Gasteiger partial charge in [0.05, 0.1) is 32.1 Å². The van der Waals surface area contributed by atoms with Crippen molar-refractivity contribution < 1.29 is 9.47 Å². The molecule has 2 saturated heterocycles. The molecule has 1 aromatic heterocycles. The van der Waals surface area contributed by atoms with E-state index < -0.39 is 0 Å². The van der Waals surface area contributed by atoms with Crippen molar-refractivity contribution in [2.24, 2.45) is 5.41 Å². The zero-order valence-corrected chi connectivity index (χ0v) is 14.5. The molecular weight excluding hydrogens is 292 g/mol. The van der Waals surface area contributed by atoms with Gasteiger partial charge in [0, 0.05) is 25.7 Å². The van der Waals surface area contributed by atoms with E-state index in [2.05, 4.69) is 35.3 Å². The minimum atomic E-state index is 0.102. The smallest absolute Gasteiger partial charge is 0.101 e. The summed E-state index contributed by atoms with van der Waals surface area (Å²) < 4.78 is 13.0. The number of nitrogens with zero attached hydrogens (tertiary/aromatic N) is 4. The number of likely N-dealkylation sites (tertiary alicyclic amines) is 1. The van der Waals surface area contributed by atoms with Gasteiger partial charge in [-0.05, 0) is 31.2 Å². The first kappa shape index (κ1) is 16.9. The number of ether oxygens (including phenoxy) is 2. The number of piperidine rings is 1. The van der Waals surface area contributed by atoms with E-state index in [1.54, 1.807) is 0 Å².